The second kappa shape index (κ2) is 6.69. The Morgan fingerprint density at radius 2 is 1.85 bits per heavy atom. The minimum absolute atomic E-state index is 0.138. The van der Waals surface area contributed by atoms with Gasteiger partial charge in [0, 0.05) is 12.5 Å². The van der Waals surface area contributed by atoms with Gasteiger partial charge < -0.3 is 14.2 Å². The highest BCUT2D eigenvalue weighted by Crippen LogP contribution is 2.26. The topological polar surface area (TPSA) is 55.8 Å². The summed E-state index contributed by atoms with van der Waals surface area (Å²) in [5, 5.41) is 9.87. The average molecular weight is 310 g/mol. The number of aromatic hydroxyl groups is 1. The zero-order chi connectivity index (χ0) is 15.2. The first kappa shape index (κ1) is 13.4. The summed E-state index contributed by atoms with van der Waals surface area (Å²) in [6.45, 7) is 0. The van der Waals surface area contributed by atoms with Crippen LogP contribution in [0.4, 0.5) is 0 Å². The molecule has 6 heteroatoms. The lowest BCUT2D eigenvalue weighted by Gasteiger charge is -2.06. The summed E-state index contributed by atoms with van der Waals surface area (Å²) in [5.41, 5.74) is 1.07. The first-order chi connectivity index (χ1) is 10.1. The molecule has 2 rings (SSSR count). The number of rotatable bonds is 6. The Bertz CT molecular complexity index is 631. The van der Waals surface area contributed by atoms with Crippen LogP contribution in [0, 0.1) is 0 Å². The first-order valence-electron chi connectivity index (χ1n) is 6.29. The molecule has 0 aromatic heterocycles. The Morgan fingerprint density at radius 1 is 1.15 bits per heavy atom. The average Bonchev–Trinajstić information content (AvgIpc) is 2.48. The Hall–Kier alpha value is -1.63. The monoisotopic (exact) mass is 310 g/mol. The molecule has 0 amide bonds. The largest absolute Gasteiger partial charge is 0.507 e. The number of phenolic OH excluding ortho intramolecular Hbond substituents is 1. The maximum atomic E-state index is 12.2. The zero-order valence-corrected chi connectivity index (χ0v) is 12.7. The van der Waals surface area contributed by atoms with Gasteiger partial charge in [-0.1, -0.05) is 12.1 Å². The van der Waals surface area contributed by atoms with E-state index < -0.39 is 9.41 Å². The molecule has 4 nitrogen and oxygen atoms in total. The van der Waals surface area contributed by atoms with Crippen LogP contribution in [0.15, 0.2) is 42.5 Å². The van der Waals surface area contributed by atoms with Crippen molar-refractivity contribution in [2.45, 2.75) is 6.42 Å². The molecule has 0 heterocycles. The van der Waals surface area contributed by atoms with Crippen LogP contribution in [-0.4, -0.2) is 12.2 Å². The highest BCUT2D eigenvalue weighted by atomic mass is 31.0. The van der Waals surface area contributed by atoms with Gasteiger partial charge in [0.1, 0.15) is 17.2 Å². The van der Waals surface area contributed by atoms with Crippen molar-refractivity contribution in [2.75, 3.05) is 0 Å². The van der Waals surface area contributed by atoms with Gasteiger partial charge in [0.15, 0.2) is 5.78 Å². The maximum Gasteiger partial charge on any atom is 0.170 e. The predicted octanol–water partition coefficient (Wildman–Crippen LogP) is 3.16. The molecular weight excluding hydrogens is 294 g/mol. The van der Waals surface area contributed by atoms with Gasteiger partial charge in [0.05, 0.1) is 25.7 Å². The molecule has 2 atom stereocenters. The van der Waals surface area contributed by atoms with E-state index in [1.807, 2.05) is 0 Å². The Kier molecular flexibility index (Phi) is 4.47. The van der Waals surface area contributed by atoms with Gasteiger partial charge in [-0.15, -0.1) is 0 Å². The second-order valence-corrected chi connectivity index (χ2v) is 4.58. The van der Waals surface area contributed by atoms with Gasteiger partial charge in [0.25, 0.3) is 0 Å². The third-order valence-electron chi connectivity index (χ3n) is 2.81. The Morgan fingerprint density at radius 3 is 2.45 bits per heavy atom. The molecule has 0 aliphatic heterocycles. The van der Waals surface area contributed by atoms with Gasteiger partial charge in [0.2, 0.25) is 0 Å². The van der Waals surface area contributed by atoms with Crippen molar-refractivity contribution in [3.05, 3.63) is 53.6 Å². The van der Waals surface area contributed by atoms with Crippen molar-refractivity contribution < 1.29 is 18.9 Å². The molecular formula is C14H14O4P2. The molecule has 0 saturated heterocycles. The number of benzene rings is 2. The van der Waals surface area contributed by atoms with E-state index in [0.29, 0.717) is 11.5 Å². The highest BCUT2D eigenvalue weighted by molar-refractivity contribution is 7.10. The van der Waals surface area contributed by atoms with Crippen LogP contribution in [0.2, 0.25) is 0 Å². The van der Waals surface area contributed by atoms with Crippen LogP contribution in [0.5, 0.6) is 17.2 Å². The van der Waals surface area contributed by atoms with Gasteiger partial charge in [-0.05, 0) is 29.8 Å². The molecule has 0 bridgehead atoms. The molecule has 104 valence electrons. The Labute approximate surface area is 123 Å². The fourth-order valence-electron chi connectivity index (χ4n) is 1.78. The van der Waals surface area contributed by atoms with E-state index in [1.54, 1.807) is 30.3 Å². The molecule has 0 saturated carbocycles. The van der Waals surface area contributed by atoms with Crippen molar-refractivity contribution in [1.82, 2.24) is 0 Å². The number of carbonyl (C=O) groups excluding carboxylic acids is 1. The quantitative estimate of drug-likeness (QED) is 0.658. The Balaban J connectivity index is 2.12. The van der Waals surface area contributed by atoms with E-state index in [-0.39, 0.29) is 23.5 Å². The van der Waals surface area contributed by atoms with Crippen LogP contribution in [-0.2, 0) is 6.42 Å². The molecule has 0 aliphatic carbocycles. The third-order valence-corrected chi connectivity index (χ3v) is 3.32. The number of carbonyl (C=O) groups is 1. The molecule has 0 spiro atoms. The molecule has 20 heavy (non-hydrogen) atoms. The highest BCUT2D eigenvalue weighted by Gasteiger charge is 2.12. The SMILES string of the molecule is [3H]POc1ccc(C(=O)Cc2ccc(OP)cc2)c(O)c1. The minimum Gasteiger partial charge on any atom is -0.507 e. The lowest BCUT2D eigenvalue weighted by molar-refractivity contribution is 0.0990. The summed E-state index contributed by atoms with van der Waals surface area (Å²) < 4.78 is 16.9. The summed E-state index contributed by atoms with van der Waals surface area (Å²) in [7, 11) is 1.70. The summed E-state index contributed by atoms with van der Waals surface area (Å²) in [6, 6.07) is 11.6. The van der Waals surface area contributed by atoms with Gasteiger partial charge in [-0.3, -0.25) is 4.79 Å². The number of hydrogen-bond donors (Lipinski definition) is 1. The normalized spacial score (nSPS) is 11.3. The van der Waals surface area contributed by atoms with Crippen molar-refractivity contribution in [2.24, 2.45) is 0 Å². The van der Waals surface area contributed by atoms with E-state index in [9.17, 15) is 9.90 Å². The van der Waals surface area contributed by atoms with Crippen molar-refractivity contribution in [3.63, 3.8) is 0 Å². The van der Waals surface area contributed by atoms with E-state index in [1.165, 1.54) is 12.1 Å². The number of hydrogen-bond acceptors (Lipinski definition) is 4. The molecule has 2 aromatic carbocycles. The second-order valence-electron chi connectivity index (χ2n) is 4.14. The first-order valence-corrected chi connectivity index (χ1v) is 6.67. The van der Waals surface area contributed by atoms with Crippen molar-refractivity contribution in [1.29, 1.82) is 1.28 Å². The minimum atomic E-state index is -0.460. The lowest BCUT2D eigenvalue weighted by Crippen LogP contribution is -2.03. The van der Waals surface area contributed by atoms with Crippen LogP contribution in [0.25, 0.3) is 0 Å². The fourth-order valence-corrected chi connectivity index (χ4v) is 2.06. The van der Waals surface area contributed by atoms with Crippen molar-refractivity contribution in [3.8, 4) is 17.2 Å². The van der Waals surface area contributed by atoms with E-state index in [4.69, 9.17) is 10.3 Å². The summed E-state index contributed by atoms with van der Waals surface area (Å²) in [6.07, 6.45) is 0.186. The van der Waals surface area contributed by atoms with Crippen LogP contribution in [0.1, 0.15) is 15.9 Å². The predicted molar refractivity (Wildman–Crippen MR) is 83.3 cm³/mol. The lowest BCUT2D eigenvalue weighted by atomic mass is 10.0. The smallest absolute Gasteiger partial charge is 0.170 e. The van der Waals surface area contributed by atoms with Gasteiger partial charge in [-0.25, -0.2) is 0 Å². The van der Waals surface area contributed by atoms with Crippen LogP contribution < -0.4 is 9.05 Å². The molecule has 2 unspecified atom stereocenters. The summed E-state index contributed by atoms with van der Waals surface area (Å²) in [5.74, 6) is 0.740. The molecule has 1 N–H and O–H groups in total. The number of ketones is 1. The molecule has 2 aromatic rings. The third kappa shape index (κ3) is 3.47. The van der Waals surface area contributed by atoms with Gasteiger partial charge >= 0.3 is 0 Å². The summed E-state index contributed by atoms with van der Waals surface area (Å²) in [4.78, 5) is 12.2. The van der Waals surface area contributed by atoms with Crippen LogP contribution in [0.3, 0.4) is 0 Å². The summed E-state index contributed by atoms with van der Waals surface area (Å²) >= 11 is 0. The molecule has 0 fully saturated rings. The van der Waals surface area contributed by atoms with E-state index >= 15 is 0 Å². The van der Waals surface area contributed by atoms with Crippen molar-refractivity contribution >= 4 is 24.7 Å². The van der Waals surface area contributed by atoms with E-state index in [2.05, 4.69) is 9.47 Å². The van der Waals surface area contributed by atoms with Gasteiger partial charge in [-0.2, -0.15) is 0 Å². The zero-order valence-electron chi connectivity index (χ0n) is 11.5. The van der Waals surface area contributed by atoms with Crippen LogP contribution >= 0.6 is 18.9 Å². The number of Topliss-reactive ketones (excluding diaryl/α,β-unsaturated/α-hetero) is 1. The fraction of sp³-hybridized carbons (Fsp3) is 0.0714. The standard InChI is InChI=1S/C14H14O4P2/c15-13(7-9-1-3-10(17-19)4-2-9)12-6-5-11(18-20)8-14(12)16/h1-6,8,16H,7,19-20H2/i20T. The number of phenols is 1. The molecule has 0 aliphatic rings. The van der Waals surface area contributed by atoms with E-state index in [0.717, 1.165) is 5.56 Å². The maximum absolute atomic E-state index is 12.2. The molecule has 0 radical (unpaired) electrons.